The molecular weight excluding hydrogens is 372 g/mol. The van der Waals surface area contributed by atoms with E-state index in [2.05, 4.69) is 21.5 Å². The average Bonchev–Trinajstić information content (AvgIpc) is 3.10. The molecule has 4 rings (SSSR count). The van der Waals surface area contributed by atoms with Crippen molar-refractivity contribution in [2.75, 3.05) is 6.54 Å². The van der Waals surface area contributed by atoms with Gasteiger partial charge in [-0.3, -0.25) is 14.5 Å². The molecule has 0 aliphatic heterocycles. The number of nitrogens with zero attached hydrogens (tertiary/aromatic N) is 3. The lowest BCUT2D eigenvalue weighted by atomic mass is 10.1. The lowest BCUT2D eigenvalue weighted by molar-refractivity contribution is 0.0954. The monoisotopic (exact) mass is 390 g/mol. The fourth-order valence-corrected chi connectivity index (χ4v) is 3.38. The maximum atomic E-state index is 12.7. The van der Waals surface area contributed by atoms with E-state index in [1.165, 1.54) is 0 Å². The van der Waals surface area contributed by atoms with Gasteiger partial charge in [0.05, 0.1) is 16.1 Å². The van der Waals surface area contributed by atoms with E-state index in [1.54, 1.807) is 24.0 Å². The van der Waals surface area contributed by atoms with Crippen molar-refractivity contribution in [3.05, 3.63) is 83.1 Å². The molecule has 140 valence electrons. The second-order valence-electron chi connectivity index (χ2n) is 6.55. The van der Waals surface area contributed by atoms with Crippen molar-refractivity contribution in [2.24, 2.45) is 7.05 Å². The number of hydrogen-bond acceptors (Lipinski definition) is 3. The lowest BCUT2D eigenvalue weighted by Crippen LogP contribution is -2.26. The van der Waals surface area contributed by atoms with Gasteiger partial charge < -0.3 is 5.32 Å². The SMILES string of the molecule is Cn1cc(C(=O)NCCc2ccc3ccccc3n2)c(-c2ccccc2Cl)n1. The Morgan fingerprint density at radius 2 is 1.86 bits per heavy atom. The van der Waals surface area contributed by atoms with Crippen molar-refractivity contribution in [3.63, 3.8) is 0 Å². The Morgan fingerprint density at radius 1 is 1.07 bits per heavy atom. The van der Waals surface area contributed by atoms with Gasteiger partial charge in [0.2, 0.25) is 0 Å². The van der Waals surface area contributed by atoms with Crippen molar-refractivity contribution < 1.29 is 4.79 Å². The maximum absolute atomic E-state index is 12.7. The van der Waals surface area contributed by atoms with Crippen LogP contribution in [0.5, 0.6) is 0 Å². The minimum absolute atomic E-state index is 0.177. The molecule has 0 unspecified atom stereocenters. The third-order valence-electron chi connectivity index (χ3n) is 4.53. The third kappa shape index (κ3) is 3.75. The third-order valence-corrected chi connectivity index (χ3v) is 4.85. The normalized spacial score (nSPS) is 10.9. The summed E-state index contributed by atoms with van der Waals surface area (Å²) < 4.78 is 1.62. The zero-order valence-corrected chi connectivity index (χ0v) is 16.1. The molecule has 1 N–H and O–H groups in total. The summed E-state index contributed by atoms with van der Waals surface area (Å²) in [7, 11) is 1.79. The van der Waals surface area contributed by atoms with Gasteiger partial charge >= 0.3 is 0 Å². The molecule has 0 aliphatic carbocycles. The molecule has 2 aromatic heterocycles. The second kappa shape index (κ2) is 7.82. The van der Waals surface area contributed by atoms with Gasteiger partial charge in [-0.15, -0.1) is 0 Å². The van der Waals surface area contributed by atoms with Crippen LogP contribution in [0.25, 0.3) is 22.2 Å². The van der Waals surface area contributed by atoms with Crippen LogP contribution in [-0.4, -0.2) is 27.2 Å². The number of carbonyl (C=O) groups is 1. The van der Waals surface area contributed by atoms with E-state index in [-0.39, 0.29) is 5.91 Å². The molecule has 4 aromatic rings. The molecule has 2 aromatic carbocycles. The summed E-state index contributed by atoms with van der Waals surface area (Å²) in [5, 5.41) is 9.06. The summed E-state index contributed by atoms with van der Waals surface area (Å²) in [5.41, 5.74) is 3.72. The van der Waals surface area contributed by atoms with Crippen LogP contribution in [0.1, 0.15) is 16.1 Å². The van der Waals surface area contributed by atoms with E-state index in [9.17, 15) is 4.79 Å². The molecule has 6 heteroatoms. The van der Waals surface area contributed by atoms with E-state index in [1.807, 2.05) is 48.5 Å². The fraction of sp³-hybridized carbons (Fsp3) is 0.136. The number of rotatable bonds is 5. The minimum atomic E-state index is -0.177. The van der Waals surface area contributed by atoms with Gasteiger partial charge in [-0.2, -0.15) is 5.10 Å². The van der Waals surface area contributed by atoms with Crippen LogP contribution in [0.15, 0.2) is 66.9 Å². The second-order valence-corrected chi connectivity index (χ2v) is 6.95. The van der Waals surface area contributed by atoms with Gasteiger partial charge in [0.25, 0.3) is 5.91 Å². The van der Waals surface area contributed by atoms with Gasteiger partial charge in [0, 0.05) is 42.9 Å². The summed E-state index contributed by atoms with van der Waals surface area (Å²) in [5.74, 6) is -0.177. The van der Waals surface area contributed by atoms with Gasteiger partial charge in [-0.05, 0) is 18.2 Å². The number of benzene rings is 2. The van der Waals surface area contributed by atoms with Crippen LogP contribution in [0.3, 0.4) is 0 Å². The van der Waals surface area contributed by atoms with Crippen LogP contribution in [0.4, 0.5) is 0 Å². The first kappa shape index (κ1) is 18.2. The van der Waals surface area contributed by atoms with Crippen molar-refractivity contribution in [1.82, 2.24) is 20.1 Å². The lowest BCUT2D eigenvalue weighted by Gasteiger charge is -2.07. The number of carbonyl (C=O) groups excluding carboxylic acids is 1. The number of pyridine rings is 1. The maximum Gasteiger partial charge on any atom is 0.255 e. The first-order chi connectivity index (χ1) is 13.6. The number of amides is 1. The zero-order valence-electron chi connectivity index (χ0n) is 15.4. The standard InChI is InChI=1S/C22H19ClN4O/c1-27-14-18(21(26-27)17-7-3-4-8-19(17)23)22(28)24-13-12-16-11-10-15-6-2-5-9-20(15)25-16/h2-11,14H,12-13H2,1H3,(H,24,28). The van der Waals surface area contributed by atoms with E-state index in [0.717, 1.165) is 22.2 Å². The summed E-state index contributed by atoms with van der Waals surface area (Å²) in [6, 6.07) is 19.4. The first-order valence-corrected chi connectivity index (χ1v) is 9.41. The van der Waals surface area contributed by atoms with Crippen LogP contribution in [0.2, 0.25) is 5.02 Å². The molecule has 28 heavy (non-hydrogen) atoms. The summed E-state index contributed by atoms with van der Waals surface area (Å²) in [6.07, 6.45) is 2.36. The van der Waals surface area contributed by atoms with Gasteiger partial charge in [0.15, 0.2) is 0 Å². The van der Waals surface area contributed by atoms with E-state index in [4.69, 9.17) is 11.6 Å². The Labute approximate surface area is 168 Å². The van der Waals surface area contributed by atoms with Crippen LogP contribution in [-0.2, 0) is 13.5 Å². The topological polar surface area (TPSA) is 59.8 Å². The van der Waals surface area contributed by atoms with E-state index < -0.39 is 0 Å². The molecule has 0 spiro atoms. The molecular formula is C22H19ClN4O. The highest BCUT2D eigenvalue weighted by Gasteiger charge is 2.18. The average molecular weight is 391 g/mol. The highest BCUT2D eigenvalue weighted by molar-refractivity contribution is 6.33. The Kier molecular flexibility index (Phi) is 5.08. The molecule has 2 heterocycles. The van der Waals surface area contributed by atoms with E-state index in [0.29, 0.717) is 29.2 Å². The van der Waals surface area contributed by atoms with Crippen LogP contribution < -0.4 is 5.32 Å². The Balaban J connectivity index is 1.47. The quantitative estimate of drug-likeness (QED) is 0.553. The smallest absolute Gasteiger partial charge is 0.255 e. The van der Waals surface area contributed by atoms with Crippen molar-refractivity contribution in [2.45, 2.75) is 6.42 Å². The minimum Gasteiger partial charge on any atom is -0.352 e. The summed E-state index contributed by atoms with van der Waals surface area (Å²) in [4.78, 5) is 17.4. The Bertz CT molecular complexity index is 1150. The Hall–Kier alpha value is -3.18. The van der Waals surface area contributed by atoms with Gasteiger partial charge in [-0.25, -0.2) is 0 Å². The largest absolute Gasteiger partial charge is 0.352 e. The number of fused-ring (bicyclic) bond motifs is 1. The molecule has 0 aliphatic rings. The van der Waals surface area contributed by atoms with Crippen LogP contribution >= 0.6 is 11.6 Å². The molecule has 0 atom stereocenters. The zero-order chi connectivity index (χ0) is 19.5. The van der Waals surface area contributed by atoms with Gasteiger partial charge in [0.1, 0.15) is 5.69 Å². The number of hydrogen-bond donors (Lipinski definition) is 1. The van der Waals surface area contributed by atoms with Gasteiger partial charge in [-0.1, -0.05) is 54.1 Å². The molecule has 0 saturated carbocycles. The van der Waals surface area contributed by atoms with Crippen molar-refractivity contribution in [3.8, 4) is 11.3 Å². The van der Waals surface area contributed by atoms with Crippen molar-refractivity contribution >= 4 is 28.4 Å². The Morgan fingerprint density at radius 3 is 2.71 bits per heavy atom. The number of aromatic nitrogens is 3. The number of para-hydroxylation sites is 1. The number of halogens is 1. The van der Waals surface area contributed by atoms with Crippen LogP contribution in [0, 0.1) is 0 Å². The molecule has 1 amide bonds. The molecule has 0 bridgehead atoms. The molecule has 0 fully saturated rings. The highest BCUT2D eigenvalue weighted by Crippen LogP contribution is 2.28. The van der Waals surface area contributed by atoms with Crippen molar-refractivity contribution in [1.29, 1.82) is 0 Å². The molecule has 0 radical (unpaired) electrons. The molecule has 0 saturated heterocycles. The first-order valence-electron chi connectivity index (χ1n) is 9.03. The predicted molar refractivity (Wildman–Crippen MR) is 111 cm³/mol. The number of aryl methyl sites for hydroxylation is 1. The molecule has 5 nitrogen and oxygen atoms in total. The number of nitrogens with one attached hydrogen (secondary N) is 1. The summed E-state index contributed by atoms with van der Waals surface area (Å²) >= 11 is 6.29. The summed E-state index contributed by atoms with van der Waals surface area (Å²) in [6.45, 7) is 0.487. The predicted octanol–water partition coefficient (Wildman–Crippen LogP) is 4.26. The fourth-order valence-electron chi connectivity index (χ4n) is 3.15. The van der Waals surface area contributed by atoms with E-state index >= 15 is 0 Å². The highest BCUT2D eigenvalue weighted by atomic mass is 35.5.